The maximum Gasteiger partial charge on any atom is 0.256 e. The lowest BCUT2D eigenvalue weighted by molar-refractivity contribution is 0.102. The highest BCUT2D eigenvalue weighted by molar-refractivity contribution is 7.23. The number of fused-ring (bicyclic) bond motifs is 2. The van der Waals surface area contributed by atoms with Gasteiger partial charge in [-0.1, -0.05) is 54.6 Å². The summed E-state index contributed by atoms with van der Waals surface area (Å²) in [5.41, 5.74) is 6.33. The zero-order valence-corrected chi connectivity index (χ0v) is 20.4. The molecule has 34 heavy (non-hydrogen) atoms. The molecule has 5 aromatic rings. The summed E-state index contributed by atoms with van der Waals surface area (Å²) in [5, 5.41) is 5.11. The molecule has 0 saturated heterocycles. The molecular formula is C28H23N3OS2. The molecule has 1 aliphatic rings. The SMILES string of the molecule is CN1CCc2c(sc(NC(=O)c3ccc(-c4ccccc4)cc3)c2-c2nc3ccccc3s2)C1. The molecule has 2 aromatic heterocycles. The van der Waals surface area contributed by atoms with Gasteiger partial charge in [0.05, 0.1) is 10.2 Å². The van der Waals surface area contributed by atoms with Crippen LogP contribution in [0.1, 0.15) is 20.8 Å². The molecule has 0 fully saturated rings. The number of amides is 1. The molecule has 6 heteroatoms. The van der Waals surface area contributed by atoms with Crippen molar-refractivity contribution in [2.24, 2.45) is 0 Å². The number of anilines is 1. The van der Waals surface area contributed by atoms with Gasteiger partial charge in [0.2, 0.25) is 0 Å². The van der Waals surface area contributed by atoms with Crippen LogP contribution < -0.4 is 5.32 Å². The number of para-hydroxylation sites is 1. The van der Waals surface area contributed by atoms with E-state index in [0.717, 1.165) is 51.7 Å². The molecule has 0 spiro atoms. The van der Waals surface area contributed by atoms with Crippen LogP contribution in [0.15, 0.2) is 78.9 Å². The number of nitrogens with one attached hydrogen (secondary N) is 1. The number of thiophene rings is 1. The Morgan fingerprint density at radius 3 is 2.44 bits per heavy atom. The molecule has 1 amide bonds. The van der Waals surface area contributed by atoms with Gasteiger partial charge in [0.1, 0.15) is 10.0 Å². The number of carbonyl (C=O) groups excluding carboxylic acids is 1. The summed E-state index contributed by atoms with van der Waals surface area (Å²) < 4.78 is 1.17. The molecule has 3 heterocycles. The van der Waals surface area contributed by atoms with Crippen molar-refractivity contribution in [3.8, 4) is 21.7 Å². The van der Waals surface area contributed by atoms with Gasteiger partial charge in [-0.2, -0.15) is 0 Å². The van der Waals surface area contributed by atoms with Crippen LogP contribution in [0.2, 0.25) is 0 Å². The molecule has 1 aliphatic heterocycles. The van der Waals surface area contributed by atoms with E-state index in [1.165, 1.54) is 15.1 Å². The van der Waals surface area contributed by atoms with E-state index in [1.54, 1.807) is 22.7 Å². The molecule has 4 nitrogen and oxygen atoms in total. The lowest BCUT2D eigenvalue weighted by atomic mass is 10.0. The topological polar surface area (TPSA) is 45.2 Å². The third-order valence-corrected chi connectivity index (χ3v) is 8.42. The smallest absolute Gasteiger partial charge is 0.256 e. The van der Waals surface area contributed by atoms with Gasteiger partial charge >= 0.3 is 0 Å². The average molecular weight is 482 g/mol. The number of hydrogen-bond donors (Lipinski definition) is 1. The first-order valence-corrected chi connectivity index (χ1v) is 12.9. The van der Waals surface area contributed by atoms with Crippen molar-refractivity contribution in [3.63, 3.8) is 0 Å². The van der Waals surface area contributed by atoms with Crippen molar-refractivity contribution >= 4 is 43.8 Å². The van der Waals surface area contributed by atoms with Crippen molar-refractivity contribution in [3.05, 3.63) is 94.9 Å². The minimum atomic E-state index is -0.0890. The molecule has 0 aliphatic carbocycles. The molecule has 3 aromatic carbocycles. The first kappa shape index (κ1) is 21.2. The highest BCUT2D eigenvalue weighted by atomic mass is 32.1. The zero-order valence-electron chi connectivity index (χ0n) is 18.7. The van der Waals surface area contributed by atoms with E-state index in [-0.39, 0.29) is 5.91 Å². The predicted molar refractivity (Wildman–Crippen MR) is 143 cm³/mol. The largest absolute Gasteiger partial charge is 0.313 e. The van der Waals surface area contributed by atoms with E-state index in [0.29, 0.717) is 5.56 Å². The highest BCUT2D eigenvalue weighted by Gasteiger charge is 2.27. The highest BCUT2D eigenvalue weighted by Crippen LogP contribution is 2.45. The summed E-state index contributed by atoms with van der Waals surface area (Å²) in [7, 11) is 2.15. The summed E-state index contributed by atoms with van der Waals surface area (Å²) in [5.74, 6) is -0.0890. The Kier molecular flexibility index (Phi) is 5.49. The first-order chi connectivity index (χ1) is 16.7. The molecule has 0 atom stereocenters. The molecule has 0 radical (unpaired) electrons. The monoisotopic (exact) mass is 481 g/mol. The average Bonchev–Trinajstić information content (AvgIpc) is 3.44. The minimum Gasteiger partial charge on any atom is -0.313 e. The van der Waals surface area contributed by atoms with Crippen molar-refractivity contribution in [1.82, 2.24) is 9.88 Å². The molecule has 0 unspecified atom stereocenters. The summed E-state index contributed by atoms with van der Waals surface area (Å²) >= 11 is 3.38. The number of thiazole rings is 1. The van der Waals surface area contributed by atoms with Gasteiger partial charge in [-0.25, -0.2) is 4.98 Å². The second-order valence-corrected chi connectivity index (χ2v) is 10.7. The summed E-state index contributed by atoms with van der Waals surface area (Å²) in [6.07, 6.45) is 0.967. The van der Waals surface area contributed by atoms with Gasteiger partial charge < -0.3 is 10.2 Å². The standard InChI is InChI=1S/C28H23N3OS2/c1-31-16-15-21-24(17-31)34-28(25(21)27-29-22-9-5-6-10-23(22)33-27)30-26(32)20-13-11-19(12-14-20)18-7-3-2-4-8-18/h2-14H,15-17H2,1H3,(H,30,32). The maximum atomic E-state index is 13.3. The number of hydrogen-bond acceptors (Lipinski definition) is 5. The Bertz CT molecular complexity index is 1450. The van der Waals surface area contributed by atoms with Crippen LogP contribution in [-0.2, 0) is 13.0 Å². The van der Waals surface area contributed by atoms with Crippen LogP contribution in [-0.4, -0.2) is 29.4 Å². The van der Waals surface area contributed by atoms with E-state index in [1.807, 2.05) is 54.6 Å². The van der Waals surface area contributed by atoms with Crippen LogP contribution in [0.5, 0.6) is 0 Å². The molecule has 1 N–H and O–H groups in total. The number of rotatable bonds is 4. The fourth-order valence-electron chi connectivity index (χ4n) is 4.44. The second-order valence-electron chi connectivity index (χ2n) is 8.58. The Morgan fingerprint density at radius 1 is 0.912 bits per heavy atom. The number of likely N-dealkylation sites (N-methyl/N-ethyl adjacent to an activating group) is 1. The van der Waals surface area contributed by atoms with Crippen molar-refractivity contribution in [2.75, 3.05) is 18.9 Å². The third kappa shape index (κ3) is 3.94. The number of benzene rings is 3. The Balaban J connectivity index is 1.35. The fourth-order valence-corrected chi connectivity index (χ4v) is 6.88. The molecule has 6 rings (SSSR count). The van der Waals surface area contributed by atoms with E-state index >= 15 is 0 Å². The molecule has 0 bridgehead atoms. The van der Waals surface area contributed by atoms with Gasteiger partial charge in [0, 0.05) is 29.1 Å². The number of nitrogens with zero attached hydrogens (tertiary/aromatic N) is 2. The van der Waals surface area contributed by atoms with Crippen LogP contribution in [0, 0.1) is 0 Å². The van der Waals surface area contributed by atoms with E-state index < -0.39 is 0 Å². The Labute approximate surface area is 206 Å². The summed E-state index contributed by atoms with van der Waals surface area (Å²) in [4.78, 5) is 21.8. The van der Waals surface area contributed by atoms with Gasteiger partial charge in [-0.3, -0.25) is 4.79 Å². The van der Waals surface area contributed by atoms with Crippen LogP contribution in [0.25, 0.3) is 31.9 Å². The van der Waals surface area contributed by atoms with E-state index in [9.17, 15) is 4.79 Å². The minimum absolute atomic E-state index is 0.0890. The van der Waals surface area contributed by atoms with Crippen molar-refractivity contribution < 1.29 is 4.79 Å². The summed E-state index contributed by atoms with van der Waals surface area (Å²) in [6, 6.07) is 26.2. The van der Waals surface area contributed by atoms with Gasteiger partial charge in [0.15, 0.2) is 0 Å². The van der Waals surface area contributed by atoms with Crippen molar-refractivity contribution in [1.29, 1.82) is 0 Å². The third-order valence-electron chi connectivity index (χ3n) is 6.24. The van der Waals surface area contributed by atoms with Gasteiger partial charge in [0.25, 0.3) is 5.91 Å². The van der Waals surface area contributed by atoms with E-state index in [4.69, 9.17) is 4.98 Å². The number of aromatic nitrogens is 1. The fraction of sp³-hybridized carbons (Fsp3) is 0.143. The normalized spacial score (nSPS) is 13.7. The van der Waals surface area contributed by atoms with Crippen molar-refractivity contribution in [2.45, 2.75) is 13.0 Å². The summed E-state index contributed by atoms with van der Waals surface area (Å²) in [6.45, 7) is 1.91. The Morgan fingerprint density at radius 2 is 1.65 bits per heavy atom. The quantitative estimate of drug-likeness (QED) is 0.303. The second kappa shape index (κ2) is 8.80. The zero-order chi connectivity index (χ0) is 23.1. The molecular weight excluding hydrogens is 458 g/mol. The molecule has 168 valence electrons. The van der Waals surface area contributed by atoms with Crippen LogP contribution >= 0.6 is 22.7 Å². The van der Waals surface area contributed by atoms with Crippen LogP contribution in [0.3, 0.4) is 0 Å². The van der Waals surface area contributed by atoms with Gasteiger partial charge in [-0.15, -0.1) is 22.7 Å². The van der Waals surface area contributed by atoms with Gasteiger partial charge in [-0.05, 0) is 54.4 Å². The van der Waals surface area contributed by atoms with E-state index in [2.05, 4.69) is 41.5 Å². The molecule has 0 saturated carbocycles. The lowest BCUT2D eigenvalue weighted by Crippen LogP contribution is -2.25. The van der Waals surface area contributed by atoms with Crippen LogP contribution in [0.4, 0.5) is 5.00 Å². The Hall–Kier alpha value is -3.32. The lowest BCUT2D eigenvalue weighted by Gasteiger charge is -2.22. The maximum absolute atomic E-state index is 13.3. The number of carbonyl (C=O) groups is 1. The predicted octanol–water partition coefficient (Wildman–Crippen LogP) is 6.93. The first-order valence-electron chi connectivity index (χ1n) is 11.3.